The number of halogens is 1. The Morgan fingerprint density at radius 1 is 1.16 bits per heavy atom. The first-order valence-corrected chi connectivity index (χ1v) is 11.7. The Morgan fingerprint density at radius 2 is 1.81 bits per heavy atom. The van der Waals surface area contributed by atoms with E-state index in [1.54, 1.807) is 6.07 Å². The summed E-state index contributed by atoms with van der Waals surface area (Å²) in [6, 6.07) is 3.10. The summed E-state index contributed by atoms with van der Waals surface area (Å²) in [6.45, 7) is 0.711. The van der Waals surface area contributed by atoms with Crippen molar-refractivity contribution in [1.82, 2.24) is 0 Å². The highest BCUT2D eigenvalue weighted by Crippen LogP contribution is 2.40. The van der Waals surface area contributed by atoms with Gasteiger partial charge in [-0.3, -0.25) is 9.59 Å². The first kappa shape index (κ1) is 25.0. The molecule has 0 spiro atoms. The number of aromatic hydroxyl groups is 1. The van der Waals surface area contributed by atoms with Crippen LogP contribution >= 0.6 is 15.9 Å². The van der Waals surface area contributed by atoms with E-state index in [0.717, 1.165) is 44.1 Å². The Labute approximate surface area is 191 Å². The summed E-state index contributed by atoms with van der Waals surface area (Å²) < 4.78 is 11.1. The number of azide groups is 1. The van der Waals surface area contributed by atoms with E-state index in [-0.39, 0.29) is 30.7 Å². The minimum absolute atomic E-state index is 0.00507. The SMILES string of the molecule is [N-]=[N+]=NCCCCCCCCCCCC(=O)OCC1CC(=O)Oc2cc(O)c(Br)cc21. The first-order valence-electron chi connectivity index (χ1n) is 10.9. The van der Waals surface area contributed by atoms with Crippen molar-refractivity contribution in [2.75, 3.05) is 13.2 Å². The number of phenolic OH excluding ortho intramolecular Hbond substituents is 1. The molecule has 1 aliphatic rings. The molecule has 0 radical (unpaired) electrons. The highest BCUT2D eigenvalue weighted by atomic mass is 79.9. The van der Waals surface area contributed by atoms with E-state index >= 15 is 0 Å². The summed E-state index contributed by atoms with van der Waals surface area (Å²) in [6.07, 6.45) is 10.2. The van der Waals surface area contributed by atoms with Crippen molar-refractivity contribution in [3.8, 4) is 11.5 Å². The molecule has 0 aliphatic carbocycles. The maximum atomic E-state index is 12.1. The predicted octanol–water partition coefficient (Wildman–Crippen LogP) is 6.30. The summed E-state index contributed by atoms with van der Waals surface area (Å²) in [7, 11) is 0. The van der Waals surface area contributed by atoms with Crippen LogP contribution in [0.2, 0.25) is 0 Å². The molecule has 0 aromatic heterocycles. The molecule has 0 saturated carbocycles. The zero-order valence-electron chi connectivity index (χ0n) is 17.7. The Hall–Kier alpha value is -2.25. The van der Waals surface area contributed by atoms with Crippen LogP contribution in [0.15, 0.2) is 21.7 Å². The Bertz CT molecular complexity index is 796. The number of nitrogens with zero attached hydrogens (tertiary/aromatic N) is 3. The van der Waals surface area contributed by atoms with Crippen molar-refractivity contribution in [2.24, 2.45) is 5.11 Å². The third kappa shape index (κ3) is 9.19. The minimum Gasteiger partial charge on any atom is -0.507 e. The number of ether oxygens (including phenoxy) is 2. The van der Waals surface area contributed by atoms with Crippen molar-refractivity contribution in [3.63, 3.8) is 0 Å². The van der Waals surface area contributed by atoms with Gasteiger partial charge < -0.3 is 14.6 Å². The van der Waals surface area contributed by atoms with Crippen molar-refractivity contribution in [3.05, 3.63) is 32.6 Å². The molecule has 0 amide bonds. The molecule has 0 bridgehead atoms. The van der Waals surface area contributed by atoms with E-state index in [0.29, 0.717) is 23.2 Å². The van der Waals surface area contributed by atoms with Crippen molar-refractivity contribution < 1.29 is 24.2 Å². The number of hydrogen-bond acceptors (Lipinski definition) is 6. The quantitative estimate of drug-likeness (QED) is 0.0809. The fraction of sp³-hybridized carbons (Fsp3) is 0.636. The van der Waals surface area contributed by atoms with Crippen LogP contribution in [0.1, 0.15) is 82.1 Å². The van der Waals surface area contributed by atoms with Gasteiger partial charge in [0.25, 0.3) is 0 Å². The summed E-state index contributed by atoms with van der Waals surface area (Å²) in [5.41, 5.74) is 8.94. The van der Waals surface area contributed by atoms with Crippen molar-refractivity contribution in [1.29, 1.82) is 0 Å². The molecule has 1 aliphatic heterocycles. The molecule has 170 valence electrons. The fourth-order valence-corrected chi connectivity index (χ4v) is 3.95. The molecular weight excluding hydrogens is 466 g/mol. The van der Waals surface area contributed by atoms with Gasteiger partial charge in [0, 0.05) is 35.4 Å². The maximum Gasteiger partial charge on any atom is 0.311 e. The van der Waals surface area contributed by atoms with Crippen LogP contribution in [0.3, 0.4) is 0 Å². The molecule has 2 rings (SSSR count). The molecule has 1 aromatic rings. The molecule has 1 aromatic carbocycles. The average molecular weight is 496 g/mol. The lowest BCUT2D eigenvalue weighted by atomic mass is 9.93. The van der Waals surface area contributed by atoms with Gasteiger partial charge in [0.2, 0.25) is 0 Å². The number of rotatable bonds is 14. The standard InChI is InChI=1S/C22H30BrN3O5/c23-18-13-17-16(12-22(29)31-20(17)14-19(18)27)15-30-21(28)10-8-6-4-2-1-3-5-7-9-11-25-26-24/h13-14,16,27H,1-12,15H2. The average Bonchev–Trinajstić information content (AvgIpc) is 2.74. The second kappa shape index (κ2) is 13.9. The molecule has 1 atom stereocenters. The van der Waals surface area contributed by atoms with Crippen LogP contribution in [0.4, 0.5) is 0 Å². The molecule has 1 unspecified atom stereocenters. The maximum absolute atomic E-state index is 12.1. The van der Waals surface area contributed by atoms with Crippen molar-refractivity contribution >= 4 is 27.9 Å². The smallest absolute Gasteiger partial charge is 0.311 e. The van der Waals surface area contributed by atoms with Crippen LogP contribution in [0.5, 0.6) is 11.5 Å². The Kier molecular flexibility index (Phi) is 11.2. The number of hydrogen-bond donors (Lipinski definition) is 1. The molecule has 8 nitrogen and oxygen atoms in total. The third-order valence-electron chi connectivity index (χ3n) is 5.30. The summed E-state index contributed by atoms with van der Waals surface area (Å²) in [5, 5.41) is 13.3. The van der Waals surface area contributed by atoms with E-state index < -0.39 is 5.97 Å². The van der Waals surface area contributed by atoms with Gasteiger partial charge in [-0.25, -0.2) is 0 Å². The van der Waals surface area contributed by atoms with Crippen LogP contribution in [0, 0.1) is 0 Å². The Morgan fingerprint density at radius 3 is 2.48 bits per heavy atom. The monoisotopic (exact) mass is 495 g/mol. The first-order chi connectivity index (χ1) is 15.0. The zero-order chi connectivity index (χ0) is 22.5. The van der Waals surface area contributed by atoms with Gasteiger partial charge in [-0.15, -0.1) is 0 Å². The molecule has 0 fully saturated rings. The highest BCUT2D eigenvalue weighted by Gasteiger charge is 2.29. The van der Waals surface area contributed by atoms with Crippen LogP contribution in [-0.4, -0.2) is 30.2 Å². The van der Waals surface area contributed by atoms with Gasteiger partial charge in [0.15, 0.2) is 0 Å². The largest absolute Gasteiger partial charge is 0.507 e. The number of esters is 2. The van der Waals surface area contributed by atoms with Crippen LogP contribution in [0.25, 0.3) is 10.4 Å². The number of phenols is 1. The van der Waals surface area contributed by atoms with Crippen molar-refractivity contribution in [2.45, 2.75) is 76.5 Å². The van der Waals surface area contributed by atoms with Crippen LogP contribution < -0.4 is 4.74 Å². The van der Waals surface area contributed by atoms with Crippen LogP contribution in [-0.2, 0) is 14.3 Å². The van der Waals surface area contributed by atoms with E-state index in [2.05, 4.69) is 26.0 Å². The van der Waals surface area contributed by atoms with E-state index in [1.165, 1.54) is 25.3 Å². The minimum atomic E-state index is -0.397. The normalized spacial score (nSPS) is 15.0. The van der Waals surface area contributed by atoms with Gasteiger partial charge >= 0.3 is 11.9 Å². The summed E-state index contributed by atoms with van der Waals surface area (Å²) in [4.78, 5) is 26.6. The molecule has 0 saturated heterocycles. The topological polar surface area (TPSA) is 122 Å². The van der Waals surface area contributed by atoms with E-state index in [1.807, 2.05) is 0 Å². The number of unbranched alkanes of at least 4 members (excludes halogenated alkanes) is 8. The lowest BCUT2D eigenvalue weighted by Gasteiger charge is -2.24. The highest BCUT2D eigenvalue weighted by molar-refractivity contribution is 9.10. The zero-order valence-corrected chi connectivity index (χ0v) is 19.3. The predicted molar refractivity (Wildman–Crippen MR) is 120 cm³/mol. The second-order valence-corrected chi connectivity index (χ2v) is 8.64. The molecular formula is C22H30BrN3O5. The van der Waals surface area contributed by atoms with Gasteiger partial charge in [0.1, 0.15) is 11.5 Å². The number of carbonyl (C=O) groups is 2. The van der Waals surface area contributed by atoms with Gasteiger partial charge in [-0.2, -0.15) is 0 Å². The van der Waals surface area contributed by atoms with E-state index in [9.17, 15) is 14.7 Å². The Balaban J connectivity index is 1.56. The number of fused-ring (bicyclic) bond motifs is 1. The summed E-state index contributed by atoms with van der Waals surface area (Å²) >= 11 is 3.26. The van der Waals surface area contributed by atoms with Gasteiger partial charge in [0.05, 0.1) is 17.5 Å². The third-order valence-corrected chi connectivity index (χ3v) is 5.94. The molecule has 9 heteroatoms. The second-order valence-electron chi connectivity index (χ2n) is 7.79. The molecule has 1 N–H and O–H groups in total. The fourth-order valence-electron chi connectivity index (χ4n) is 3.59. The lowest BCUT2D eigenvalue weighted by Crippen LogP contribution is -2.24. The number of carbonyl (C=O) groups excluding carboxylic acids is 2. The lowest BCUT2D eigenvalue weighted by molar-refractivity contribution is -0.146. The van der Waals surface area contributed by atoms with E-state index in [4.69, 9.17) is 15.0 Å². The molecule has 1 heterocycles. The summed E-state index contributed by atoms with van der Waals surface area (Å²) in [5.74, 6) is -0.615. The van der Waals surface area contributed by atoms with Gasteiger partial charge in [-0.1, -0.05) is 50.1 Å². The number of benzene rings is 1. The molecule has 31 heavy (non-hydrogen) atoms. The van der Waals surface area contributed by atoms with Gasteiger partial charge in [-0.05, 0) is 40.4 Å².